The van der Waals surface area contributed by atoms with Gasteiger partial charge in [0, 0.05) is 18.1 Å². The molecule has 0 saturated heterocycles. The van der Waals surface area contributed by atoms with Gasteiger partial charge in [-0.1, -0.05) is 73.5 Å². The van der Waals surface area contributed by atoms with E-state index in [0.29, 0.717) is 24.5 Å². The van der Waals surface area contributed by atoms with Crippen LogP contribution in [0.3, 0.4) is 0 Å². The van der Waals surface area contributed by atoms with E-state index in [9.17, 15) is 9.59 Å². The smallest absolute Gasteiger partial charge is 0.242 e. The number of nitrogens with one attached hydrogen (secondary N) is 1. The molecule has 0 aromatic heterocycles. The maximum Gasteiger partial charge on any atom is 0.242 e. The molecule has 150 valence electrons. The maximum atomic E-state index is 13.2. The van der Waals surface area contributed by atoms with Crippen molar-refractivity contribution in [2.45, 2.75) is 52.6 Å². The molecule has 0 saturated carbocycles. The van der Waals surface area contributed by atoms with E-state index in [4.69, 9.17) is 11.6 Å². The van der Waals surface area contributed by atoms with Crippen LogP contribution in [0.2, 0.25) is 5.02 Å². The zero-order chi connectivity index (χ0) is 20.5. The van der Waals surface area contributed by atoms with Crippen molar-refractivity contribution in [1.82, 2.24) is 10.2 Å². The van der Waals surface area contributed by atoms with Gasteiger partial charge in [0.25, 0.3) is 0 Å². The molecule has 2 amide bonds. The summed E-state index contributed by atoms with van der Waals surface area (Å²) < 4.78 is 0. The van der Waals surface area contributed by atoms with E-state index in [1.54, 1.807) is 11.0 Å². The average Bonchev–Trinajstić information content (AvgIpc) is 2.67. The highest BCUT2D eigenvalue weighted by Gasteiger charge is 2.28. The van der Waals surface area contributed by atoms with Crippen molar-refractivity contribution in [3.8, 4) is 0 Å². The van der Waals surface area contributed by atoms with Crippen molar-refractivity contribution >= 4 is 23.4 Å². The Bertz CT molecular complexity index is 807. The molecule has 28 heavy (non-hydrogen) atoms. The lowest BCUT2D eigenvalue weighted by Gasteiger charge is -2.31. The third kappa shape index (κ3) is 6.10. The third-order valence-electron chi connectivity index (χ3n) is 4.67. The van der Waals surface area contributed by atoms with E-state index in [1.165, 1.54) is 0 Å². The number of halogens is 1. The monoisotopic (exact) mass is 400 g/mol. The van der Waals surface area contributed by atoms with Gasteiger partial charge in [0.05, 0.1) is 6.42 Å². The Morgan fingerprint density at radius 2 is 1.86 bits per heavy atom. The molecule has 0 aliphatic heterocycles. The number of carbonyl (C=O) groups excluding carboxylic acids is 2. The summed E-state index contributed by atoms with van der Waals surface area (Å²) in [6, 6.07) is 14.8. The molecule has 0 heterocycles. The summed E-state index contributed by atoms with van der Waals surface area (Å²) in [6.45, 7) is 6.84. The van der Waals surface area contributed by atoms with Crippen LogP contribution < -0.4 is 5.32 Å². The second-order valence-corrected chi connectivity index (χ2v) is 7.40. The van der Waals surface area contributed by atoms with Gasteiger partial charge in [-0.25, -0.2) is 0 Å². The Labute approximate surface area is 172 Å². The lowest BCUT2D eigenvalue weighted by atomic mass is 10.1. The minimum absolute atomic E-state index is 0.0796. The first-order valence-corrected chi connectivity index (χ1v) is 10.2. The minimum atomic E-state index is -0.528. The van der Waals surface area contributed by atoms with E-state index in [0.717, 1.165) is 23.1 Å². The molecule has 1 atom stereocenters. The standard InChI is InChI=1S/C23H29ClN2O2/c1-4-13-25-23(28)21(5-2)26(16-19-11-6-7-12-20(19)24)22(27)15-18-10-8-9-17(3)14-18/h6-12,14,21H,4-5,13,15-16H2,1-3H3,(H,25,28)/t21-/m0/s1. The highest BCUT2D eigenvalue weighted by atomic mass is 35.5. The molecule has 2 aromatic carbocycles. The summed E-state index contributed by atoms with van der Waals surface area (Å²) in [7, 11) is 0. The van der Waals surface area contributed by atoms with E-state index in [-0.39, 0.29) is 18.2 Å². The fraction of sp³-hybridized carbons (Fsp3) is 0.391. The molecule has 1 N–H and O–H groups in total. The SMILES string of the molecule is CCCNC(=O)[C@H](CC)N(Cc1ccccc1Cl)C(=O)Cc1cccc(C)c1. The Balaban J connectivity index is 2.29. The summed E-state index contributed by atoms with van der Waals surface area (Å²) in [5.41, 5.74) is 2.89. The quantitative estimate of drug-likeness (QED) is 0.672. The number of hydrogen-bond donors (Lipinski definition) is 1. The topological polar surface area (TPSA) is 49.4 Å². The molecule has 0 bridgehead atoms. The first-order valence-electron chi connectivity index (χ1n) is 9.82. The van der Waals surface area contributed by atoms with Crippen LogP contribution in [-0.2, 0) is 22.6 Å². The average molecular weight is 401 g/mol. The van der Waals surface area contributed by atoms with Crippen molar-refractivity contribution in [2.24, 2.45) is 0 Å². The third-order valence-corrected chi connectivity index (χ3v) is 5.04. The van der Waals surface area contributed by atoms with Crippen LogP contribution in [0.1, 0.15) is 43.4 Å². The minimum Gasteiger partial charge on any atom is -0.354 e. The molecule has 2 aromatic rings. The first kappa shape index (κ1) is 22.0. The molecule has 4 nitrogen and oxygen atoms in total. The zero-order valence-corrected chi connectivity index (χ0v) is 17.6. The summed E-state index contributed by atoms with van der Waals surface area (Å²) >= 11 is 6.33. The fourth-order valence-corrected chi connectivity index (χ4v) is 3.39. The zero-order valence-electron chi connectivity index (χ0n) is 16.9. The van der Waals surface area contributed by atoms with Crippen LogP contribution in [0, 0.1) is 6.92 Å². The van der Waals surface area contributed by atoms with Crippen molar-refractivity contribution in [3.05, 3.63) is 70.2 Å². The van der Waals surface area contributed by atoms with Gasteiger partial charge in [-0.15, -0.1) is 0 Å². The Hall–Kier alpha value is -2.33. The second kappa shape index (κ2) is 10.9. The van der Waals surface area contributed by atoms with Crippen molar-refractivity contribution in [2.75, 3.05) is 6.54 Å². The Kier molecular flexibility index (Phi) is 8.52. The van der Waals surface area contributed by atoms with Crippen molar-refractivity contribution in [3.63, 3.8) is 0 Å². The molecule has 0 radical (unpaired) electrons. The predicted molar refractivity (Wildman–Crippen MR) is 114 cm³/mol. The van der Waals surface area contributed by atoms with Crippen molar-refractivity contribution < 1.29 is 9.59 Å². The van der Waals surface area contributed by atoms with Crippen LogP contribution in [0.15, 0.2) is 48.5 Å². The van der Waals surface area contributed by atoms with Gasteiger partial charge in [0.1, 0.15) is 6.04 Å². The largest absolute Gasteiger partial charge is 0.354 e. The summed E-state index contributed by atoms with van der Waals surface area (Å²) in [5.74, 6) is -0.196. The molecule has 0 spiro atoms. The summed E-state index contributed by atoms with van der Waals surface area (Å²) in [6.07, 6.45) is 1.65. The molecule has 2 rings (SSSR count). The molecule has 5 heteroatoms. The molecule has 0 aliphatic carbocycles. The van der Waals surface area contributed by atoms with Gasteiger partial charge in [0.15, 0.2) is 0 Å². The lowest BCUT2D eigenvalue weighted by Crippen LogP contribution is -2.49. The molecule has 0 fully saturated rings. The number of aryl methyl sites for hydroxylation is 1. The molecular formula is C23H29ClN2O2. The highest BCUT2D eigenvalue weighted by molar-refractivity contribution is 6.31. The number of carbonyl (C=O) groups is 2. The number of nitrogens with zero attached hydrogens (tertiary/aromatic N) is 1. The first-order chi connectivity index (χ1) is 13.5. The Morgan fingerprint density at radius 1 is 1.11 bits per heavy atom. The highest BCUT2D eigenvalue weighted by Crippen LogP contribution is 2.20. The summed E-state index contributed by atoms with van der Waals surface area (Å²) in [4.78, 5) is 27.6. The van der Waals surface area contributed by atoms with E-state index < -0.39 is 6.04 Å². The van der Waals surface area contributed by atoms with Crippen LogP contribution in [0.4, 0.5) is 0 Å². The number of rotatable bonds is 9. The molecule has 0 aliphatic rings. The van der Waals surface area contributed by atoms with E-state index in [1.807, 2.05) is 63.2 Å². The van der Waals surface area contributed by atoms with Crippen LogP contribution in [0.25, 0.3) is 0 Å². The van der Waals surface area contributed by atoms with E-state index >= 15 is 0 Å². The Morgan fingerprint density at radius 3 is 2.50 bits per heavy atom. The normalized spacial score (nSPS) is 11.7. The number of hydrogen-bond acceptors (Lipinski definition) is 2. The number of amides is 2. The van der Waals surface area contributed by atoms with Gasteiger partial charge >= 0.3 is 0 Å². The van der Waals surface area contributed by atoms with Gasteiger partial charge in [0.2, 0.25) is 11.8 Å². The summed E-state index contributed by atoms with van der Waals surface area (Å²) in [5, 5.41) is 3.52. The van der Waals surface area contributed by atoms with Gasteiger partial charge in [-0.3, -0.25) is 9.59 Å². The maximum absolute atomic E-state index is 13.2. The number of benzene rings is 2. The molecular weight excluding hydrogens is 372 g/mol. The van der Waals surface area contributed by atoms with Gasteiger partial charge < -0.3 is 10.2 Å². The van der Waals surface area contributed by atoms with Crippen LogP contribution >= 0.6 is 11.6 Å². The van der Waals surface area contributed by atoms with E-state index in [2.05, 4.69) is 5.32 Å². The molecule has 0 unspecified atom stereocenters. The second-order valence-electron chi connectivity index (χ2n) is 6.99. The lowest BCUT2D eigenvalue weighted by molar-refractivity contribution is -0.140. The van der Waals surface area contributed by atoms with Gasteiger partial charge in [-0.05, 0) is 37.0 Å². The fourth-order valence-electron chi connectivity index (χ4n) is 3.19. The van der Waals surface area contributed by atoms with Crippen LogP contribution in [0.5, 0.6) is 0 Å². The van der Waals surface area contributed by atoms with Crippen LogP contribution in [-0.4, -0.2) is 29.3 Å². The van der Waals surface area contributed by atoms with Gasteiger partial charge in [-0.2, -0.15) is 0 Å². The van der Waals surface area contributed by atoms with Crippen molar-refractivity contribution in [1.29, 1.82) is 0 Å². The predicted octanol–water partition coefficient (Wildman–Crippen LogP) is 4.52.